The second-order valence-corrected chi connectivity index (χ2v) is 9.00. The minimum absolute atomic E-state index is 0.0503. The number of amides is 1. The van der Waals surface area contributed by atoms with Gasteiger partial charge in [0.05, 0.1) is 23.9 Å². The molecule has 3 aromatic rings. The number of fused-ring (bicyclic) bond motifs is 2. The maximum atomic E-state index is 13.8. The van der Waals surface area contributed by atoms with Crippen molar-refractivity contribution in [1.29, 1.82) is 0 Å². The number of para-hydroxylation sites is 1. The first kappa shape index (κ1) is 21.9. The Balaban J connectivity index is 1.50. The van der Waals surface area contributed by atoms with Crippen LogP contribution in [-0.2, 0) is 24.2 Å². The highest BCUT2D eigenvalue weighted by Gasteiger charge is 2.35. The lowest BCUT2D eigenvalue weighted by Crippen LogP contribution is -2.33. The van der Waals surface area contributed by atoms with Crippen LogP contribution in [0.5, 0.6) is 0 Å². The molecule has 1 fully saturated rings. The Morgan fingerprint density at radius 3 is 2.91 bits per heavy atom. The van der Waals surface area contributed by atoms with Gasteiger partial charge in [0.1, 0.15) is 5.82 Å². The van der Waals surface area contributed by atoms with Crippen LogP contribution in [0.2, 0.25) is 0 Å². The summed E-state index contributed by atoms with van der Waals surface area (Å²) in [6.07, 6.45) is 4.75. The smallest absolute Gasteiger partial charge is 0.256 e. The molecule has 1 aromatic carbocycles. The second kappa shape index (κ2) is 9.11. The highest BCUT2D eigenvalue weighted by molar-refractivity contribution is 6.07. The van der Waals surface area contributed by atoms with E-state index in [1.165, 1.54) is 5.56 Å². The molecule has 174 valence electrons. The molecule has 0 saturated carbocycles. The fourth-order valence-electron chi connectivity index (χ4n) is 5.16. The Hall–Kier alpha value is -2.97. The molecule has 0 spiro atoms. The van der Waals surface area contributed by atoms with Gasteiger partial charge in [-0.25, -0.2) is 9.97 Å². The van der Waals surface area contributed by atoms with Gasteiger partial charge in [0.15, 0.2) is 5.82 Å². The number of hydrogen-bond acceptors (Lipinski definition) is 6. The predicted octanol–water partition coefficient (Wildman–Crippen LogP) is 3.08. The van der Waals surface area contributed by atoms with Gasteiger partial charge in [-0.05, 0) is 32.4 Å². The normalized spacial score (nSPS) is 18.6. The van der Waals surface area contributed by atoms with Gasteiger partial charge in [0.25, 0.3) is 5.91 Å². The molecular formula is C25H32N6O2. The van der Waals surface area contributed by atoms with Gasteiger partial charge in [-0.1, -0.05) is 18.2 Å². The second-order valence-electron chi connectivity index (χ2n) is 9.00. The number of aromatic nitrogens is 3. The molecule has 2 aliphatic rings. The lowest BCUT2D eigenvalue weighted by Gasteiger charge is -2.28. The summed E-state index contributed by atoms with van der Waals surface area (Å²) >= 11 is 0. The van der Waals surface area contributed by atoms with E-state index < -0.39 is 0 Å². The summed E-state index contributed by atoms with van der Waals surface area (Å²) in [5.41, 5.74) is 4.07. The Morgan fingerprint density at radius 2 is 2.09 bits per heavy atom. The van der Waals surface area contributed by atoms with E-state index in [4.69, 9.17) is 14.7 Å². The Labute approximate surface area is 194 Å². The third-order valence-electron chi connectivity index (χ3n) is 6.88. The van der Waals surface area contributed by atoms with Crippen molar-refractivity contribution in [2.75, 3.05) is 46.2 Å². The summed E-state index contributed by atoms with van der Waals surface area (Å²) in [5.74, 6) is 1.70. The Kier molecular flexibility index (Phi) is 6.03. The largest absolute Gasteiger partial charge is 0.383 e. The number of ether oxygens (including phenoxy) is 1. The lowest BCUT2D eigenvalue weighted by molar-refractivity contribution is 0.0731. The molecule has 1 saturated heterocycles. The molecule has 1 unspecified atom stereocenters. The summed E-state index contributed by atoms with van der Waals surface area (Å²) in [6.45, 7) is 3.85. The van der Waals surface area contributed by atoms with Crippen molar-refractivity contribution >= 4 is 22.6 Å². The number of hydrogen-bond donors (Lipinski definition) is 1. The third kappa shape index (κ3) is 3.98. The van der Waals surface area contributed by atoms with Crippen LogP contribution in [0.1, 0.15) is 46.3 Å². The zero-order valence-corrected chi connectivity index (χ0v) is 19.7. The van der Waals surface area contributed by atoms with Crippen LogP contribution in [0.4, 0.5) is 5.82 Å². The number of carbonyl (C=O) groups excluding carboxylic acids is 1. The molecule has 1 N–H and O–H groups in total. The van der Waals surface area contributed by atoms with Crippen LogP contribution in [-0.4, -0.2) is 71.1 Å². The minimum atomic E-state index is -0.108. The van der Waals surface area contributed by atoms with Gasteiger partial charge >= 0.3 is 0 Å². The number of nitrogens with one attached hydrogen (secondary N) is 1. The predicted molar refractivity (Wildman–Crippen MR) is 128 cm³/mol. The number of carbonyl (C=O) groups is 1. The van der Waals surface area contributed by atoms with Crippen molar-refractivity contribution in [3.63, 3.8) is 0 Å². The van der Waals surface area contributed by atoms with Crippen molar-refractivity contribution in [2.24, 2.45) is 0 Å². The molecule has 1 atom stereocenters. The zero-order valence-electron chi connectivity index (χ0n) is 19.7. The molecule has 33 heavy (non-hydrogen) atoms. The summed E-state index contributed by atoms with van der Waals surface area (Å²) in [4.78, 5) is 27.9. The van der Waals surface area contributed by atoms with E-state index in [1.54, 1.807) is 7.11 Å². The van der Waals surface area contributed by atoms with E-state index in [1.807, 2.05) is 36.3 Å². The van der Waals surface area contributed by atoms with Crippen LogP contribution in [0.15, 0.2) is 30.5 Å². The van der Waals surface area contributed by atoms with Gasteiger partial charge < -0.3 is 24.4 Å². The van der Waals surface area contributed by atoms with Crippen molar-refractivity contribution in [3.8, 4) is 0 Å². The molecule has 2 aromatic heterocycles. The van der Waals surface area contributed by atoms with Crippen molar-refractivity contribution < 1.29 is 9.53 Å². The number of rotatable bonds is 6. The van der Waals surface area contributed by atoms with Gasteiger partial charge in [0, 0.05) is 63.0 Å². The van der Waals surface area contributed by atoms with E-state index >= 15 is 0 Å². The molecule has 2 aliphatic heterocycles. The SMILES string of the molecule is CNc1nc(C2CCCN2C(=O)c2cn(CCOC)c3ccccc23)nc2c1CCN(C)C2. The monoisotopic (exact) mass is 448 g/mol. The number of anilines is 1. The maximum Gasteiger partial charge on any atom is 0.256 e. The van der Waals surface area contributed by atoms with Crippen molar-refractivity contribution in [3.05, 3.63) is 53.1 Å². The van der Waals surface area contributed by atoms with Gasteiger partial charge in [-0.15, -0.1) is 0 Å². The van der Waals surface area contributed by atoms with E-state index in [2.05, 4.69) is 27.9 Å². The van der Waals surface area contributed by atoms with Crippen LogP contribution in [0.25, 0.3) is 10.9 Å². The molecule has 1 amide bonds. The topological polar surface area (TPSA) is 75.5 Å². The van der Waals surface area contributed by atoms with Crippen LogP contribution >= 0.6 is 0 Å². The highest BCUT2D eigenvalue weighted by atomic mass is 16.5. The Bertz CT molecular complexity index is 1170. The quantitative estimate of drug-likeness (QED) is 0.625. The third-order valence-corrected chi connectivity index (χ3v) is 6.88. The van der Waals surface area contributed by atoms with E-state index in [0.29, 0.717) is 13.2 Å². The van der Waals surface area contributed by atoms with E-state index in [-0.39, 0.29) is 11.9 Å². The van der Waals surface area contributed by atoms with Gasteiger partial charge in [-0.3, -0.25) is 4.79 Å². The summed E-state index contributed by atoms with van der Waals surface area (Å²) in [7, 11) is 5.73. The number of nitrogens with zero attached hydrogens (tertiary/aromatic N) is 5. The van der Waals surface area contributed by atoms with Crippen LogP contribution < -0.4 is 5.32 Å². The standard InChI is InChI=1S/C25H32N6O2/c1-26-23-18-10-12-29(2)16-20(18)27-24(28-23)22-9-6-11-31(22)25(32)19-15-30(13-14-33-3)21-8-5-4-7-17(19)21/h4-5,7-8,15,22H,6,9-14,16H2,1-3H3,(H,26,27,28). The number of benzene rings is 1. The first-order valence-corrected chi connectivity index (χ1v) is 11.7. The molecule has 8 nitrogen and oxygen atoms in total. The van der Waals surface area contributed by atoms with E-state index in [9.17, 15) is 4.79 Å². The van der Waals surface area contributed by atoms with Crippen molar-refractivity contribution in [1.82, 2.24) is 24.3 Å². The van der Waals surface area contributed by atoms with Gasteiger partial charge in [0.2, 0.25) is 0 Å². The fourth-order valence-corrected chi connectivity index (χ4v) is 5.16. The number of likely N-dealkylation sites (N-methyl/N-ethyl adjacent to an activating group) is 1. The van der Waals surface area contributed by atoms with Gasteiger partial charge in [-0.2, -0.15) is 0 Å². The molecule has 0 radical (unpaired) electrons. The van der Waals surface area contributed by atoms with Crippen LogP contribution in [0, 0.1) is 0 Å². The molecular weight excluding hydrogens is 416 g/mol. The van der Waals surface area contributed by atoms with Crippen LogP contribution in [0.3, 0.4) is 0 Å². The highest BCUT2D eigenvalue weighted by Crippen LogP contribution is 2.35. The fraction of sp³-hybridized carbons (Fsp3) is 0.480. The first-order valence-electron chi connectivity index (χ1n) is 11.7. The number of likely N-dealkylation sites (tertiary alicyclic amines) is 1. The number of methoxy groups -OCH3 is 1. The molecule has 0 aliphatic carbocycles. The zero-order chi connectivity index (χ0) is 22.9. The average molecular weight is 449 g/mol. The maximum absolute atomic E-state index is 13.8. The molecule has 8 heteroatoms. The lowest BCUT2D eigenvalue weighted by atomic mass is 10.0. The average Bonchev–Trinajstić information content (AvgIpc) is 3.47. The summed E-state index contributed by atoms with van der Waals surface area (Å²) in [6, 6.07) is 7.98. The molecule has 4 heterocycles. The minimum Gasteiger partial charge on any atom is -0.383 e. The van der Waals surface area contributed by atoms with E-state index in [0.717, 1.165) is 72.7 Å². The first-order chi connectivity index (χ1) is 16.1. The summed E-state index contributed by atoms with van der Waals surface area (Å²) in [5, 5.41) is 4.25. The van der Waals surface area contributed by atoms with Crippen molar-refractivity contribution in [2.45, 2.75) is 38.4 Å². The molecule has 5 rings (SSSR count). The summed E-state index contributed by atoms with van der Waals surface area (Å²) < 4.78 is 7.38. The molecule has 0 bridgehead atoms. The Morgan fingerprint density at radius 1 is 1.24 bits per heavy atom.